The normalized spacial score (nSPS) is 30.4. The molecule has 5 rings (SSSR count). The van der Waals surface area contributed by atoms with E-state index in [1.54, 1.807) is 11.1 Å². The molecule has 0 N–H and O–H groups in total. The van der Waals surface area contributed by atoms with Gasteiger partial charge in [-0.25, -0.2) is 0 Å². The second-order valence-corrected chi connectivity index (χ2v) is 8.26. The minimum Gasteiger partial charge on any atom is -0.0619 e. The van der Waals surface area contributed by atoms with Crippen LogP contribution >= 0.6 is 0 Å². The van der Waals surface area contributed by atoms with Gasteiger partial charge in [0.25, 0.3) is 0 Å². The Morgan fingerprint density at radius 3 is 2.45 bits per heavy atom. The molecule has 2 fully saturated rings. The van der Waals surface area contributed by atoms with E-state index < -0.39 is 0 Å². The van der Waals surface area contributed by atoms with E-state index in [1.807, 2.05) is 0 Å². The Morgan fingerprint density at radius 1 is 0.864 bits per heavy atom. The van der Waals surface area contributed by atoms with Crippen molar-refractivity contribution in [2.75, 3.05) is 0 Å². The zero-order valence-electron chi connectivity index (χ0n) is 13.6. The Balaban J connectivity index is 1.63. The molecule has 2 aromatic carbocycles. The van der Waals surface area contributed by atoms with Crippen LogP contribution in [0.5, 0.6) is 0 Å². The van der Waals surface area contributed by atoms with Crippen molar-refractivity contribution in [1.29, 1.82) is 0 Å². The number of hydrogen-bond acceptors (Lipinski definition) is 0. The van der Waals surface area contributed by atoms with Gasteiger partial charge >= 0.3 is 0 Å². The molecule has 0 aromatic heterocycles. The second kappa shape index (κ2) is 4.25. The van der Waals surface area contributed by atoms with Gasteiger partial charge in [-0.05, 0) is 64.8 Å². The van der Waals surface area contributed by atoms with Crippen LogP contribution in [0.2, 0.25) is 0 Å². The fourth-order valence-electron chi connectivity index (χ4n) is 5.61. The Labute approximate surface area is 133 Å². The predicted molar refractivity (Wildman–Crippen MR) is 92.2 cm³/mol. The third-order valence-electron chi connectivity index (χ3n) is 6.77. The first kappa shape index (κ1) is 12.9. The summed E-state index contributed by atoms with van der Waals surface area (Å²) in [6.07, 6.45) is 5.89. The highest BCUT2D eigenvalue weighted by Crippen LogP contribution is 2.55. The third-order valence-corrected chi connectivity index (χ3v) is 6.77. The van der Waals surface area contributed by atoms with Crippen molar-refractivity contribution in [1.82, 2.24) is 0 Å². The van der Waals surface area contributed by atoms with Crippen LogP contribution in [0.15, 0.2) is 42.5 Å². The Kier molecular flexibility index (Phi) is 2.50. The van der Waals surface area contributed by atoms with Crippen molar-refractivity contribution >= 4 is 0 Å². The number of hydrogen-bond donors (Lipinski definition) is 0. The summed E-state index contributed by atoms with van der Waals surface area (Å²) >= 11 is 0. The fraction of sp³-hybridized carbons (Fsp3) is 0.455. The molecule has 0 saturated heterocycles. The lowest BCUT2D eigenvalue weighted by Gasteiger charge is -2.25. The van der Waals surface area contributed by atoms with E-state index in [4.69, 9.17) is 0 Å². The summed E-state index contributed by atoms with van der Waals surface area (Å²) in [7, 11) is 0. The molecule has 3 atom stereocenters. The first-order valence-corrected chi connectivity index (χ1v) is 8.89. The van der Waals surface area contributed by atoms with Gasteiger partial charge in [-0.1, -0.05) is 62.7 Å². The van der Waals surface area contributed by atoms with Crippen LogP contribution < -0.4 is 0 Å². The van der Waals surface area contributed by atoms with Crippen molar-refractivity contribution in [3.8, 4) is 11.1 Å². The average molecular weight is 288 g/mol. The lowest BCUT2D eigenvalue weighted by atomic mass is 9.78. The van der Waals surface area contributed by atoms with Crippen LogP contribution in [0.4, 0.5) is 0 Å². The summed E-state index contributed by atoms with van der Waals surface area (Å²) in [6, 6.07) is 16.4. The van der Waals surface area contributed by atoms with Crippen molar-refractivity contribution in [2.24, 2.45) is 11.8 Å². The van der Waals surface area contributed by atoms with E-state index >= 15 is 0 Å². The number of rotatable bonds is 1. The molecule has 0 spiro atoms. The van der Waals surface area contributed by atoms with Crippen LogP contribution in [0.25, 0.3) is 11.1 Å². The molecule has 3 aliphatic carbocycles. The summed E-state index contributed by atoms with van der Waals surface area (Å²) in [6.45, 7) is 4.78. The molecule has 22 heavy (non-hydrogen) atoms. The molecule has 0 heteroatoms. The van der Waals surface area contributed by atoms with Crippen LogP contribution in [0, 0.1) is 11.8 Å². The van der Waals surface area contributed by atoms with Crippen molar-refractivity contribution in [3.05, 3.63) is 59.2 Å². The molecule has 0 heterocycles. The molecule has 2 saturated carbocycles. The maximum atomic E-state index is 2.56. The summed E-state index contributed by atoms with van der Waals surface area (Å²) in [5.74, 6) is 2.83. The Bertz CT molecular complexity index is 752. The molecule has 0 amide bonds. The van der Waals surface area contributed by atoms with Crippen LogP contribution in [-0.2, 0) is 5.41 Å². The predicted octanol–water partition coefficient (Wildman–Crippen LogP) is 5.90. The Hall–Kier alpha value is -1.56. The first-order chi connectivity index (χ1) is 10.6. The van der Waals surface area contributed by atoms with Gasteiger partial charge in [0.15, 0.2) is 0 Å². The second-order valence-electron chi connectivity index (χ2n) is 8.26. The summed E-state index contributed by atoms with van der Waals surface area (Å²) < 4.78 is 0. The zero-order chi connectivity index (χ0) is 14.9. The molecule has 2 bridgehead atoms. The molecule has 112 valence electrons. The lowest BCUT2D eigenvalue weighted by Crippen LogP contribution is -2.16. The first-order valence-electron chi connectivity index (χ1n) is 8.89. The quantitative estimate of drug-likeness (QED) is 0.613. The van der Waals surface area contributed by atoms with Crippen molar-refractivity contribution in [3.63, 3.8) is 0 Å². The van der Waals surface area contributed by atoms with Crippen molar-refractivity contribution in [2.45, 2.75) is 50.9 Å². The average Bonchev–Trinajstić information content (AvgIpc) is 3.22. The summed E-state index contributed by atoms with van der Waals surface area (Å²) in [4.78, 5) is 0. The standard InChI is InChI=1S/C22H24/c1-22(2)20-6-4-3-5-17(20)18-10-9-16(13-21(18)22)19-12-14-7-8-15(19)11-14/h3-6,9-10,13-15,19H,7-8,11-12H2,1-2H3. The largest absolute Gasteiger partial charge is 0.0619 e. The van der Waals surface area contributed by atoms with Gasteiger partial charge in [0, 0.05) is 5.41 Å². The molecule has 2 aromatic rings. The van der Waals surface area contributed by atoms with Crippen molar-refractivity contribution < 1.29 is 0 Å². The van der Waals surface area contributed by atoms with Crippen LogP contribution in [-0.4, -0.2) is 0 Å². The summed E-state index contributed by atoms with van der Waals surface area (Å²) in [5, 5.41) is 0. The van der Waals surface area contributed by atoms with Gasteiger partial charge in [0.2, 0.25) is 0 Å². The molecule has 0 aliphatic heterocycles. The van der Waals surface area contributed by atoms with Gasteiger partial charge in [-0.15, -0.1) is 0 Å². The molecular formula is C22H24. The number of fused-ring (bicyclic) bond motifs is 5. The maximum Gasteiger partial charge on any atom is 0.0158 e. The van der Waals surface area contributed by atoms with E-state index in [9.17, 15) is 0 Å². The molecule has 0 nitrogen and oxygen atoms in total. The van der Waals surface area contributed by atoms with Crippen LogP contribution in [0.1, 0.15) is 62.1 Å². The SMILES string of the molecule is CC1(C)c2ccccc2-c2ccc(C3CC4CCC3C4)cc21. The molecule has 0 radical (unpaired) electrons. The minimum absolute atomic E-state index is 0.152. The van der Waals surface area contributed by atoms with E-state index in [2.05, 4.69) is 56.3 Å². The van der Waals surface area contributed by atoms with Gasteiger partial charge in [0.1, 0.15) is 0 Å². The third kappa shape index (κ3) is 1.59. The molecule has 3 unspecified atom stereocenters. The maximum absolute atomic E-state index is 2.56. The highest BCUT2D eigenvalue weighted by Gasteiger charge is 2.41. The minimum atomic E-state index is 0.152. The van der Waals surface area contributed by atoms with E-state index in [0.717, 1.165) is 17.8 Å². The highest BCUT2D eigenvalue weighted by atomic mass is 14.5. The smallest absolute Gasteiger partial charge is 0.0158 e. The van der Waals surface area contributed by atoms with E-state index in [0.29, 0.717) is 0 Å². The Morgan fingerprint density at radius 2 is 1.68 bits per heavy atom. The van der Waals surface area contributed by atoms with Gasteiger partial charge < -0.3 is 0 Å². The van der Waals surface area contributed by atoms with Gasteiger partial charge in [-0.2, -0.15) is 0 Å². The number of benzene rings is 2. The van der Waals surface area contributed by atoms with E-state index in [1.165, 1.54) is 42.4 Å². The molecular weight excluding hydrogens is 264 g/mol. The van der Waals surface area contributed by atoms with Gasteiger partial charge in [-0.3, -0.25) is 0 Å². The molecule has 3 aliphatic rings. The van der Waals surface area contributed by atoms with E-state index in [-0.39, 0.29) is 5.41 Å². The fourth-order valence-corrected chi connectivity index (χ4v) is 5.61. The van der Waals surface area contributed by atoms with Gasteiger partial charge in [0.05, 0.1) is 0 Å². The highest BCUT2D eigenvalue weighted by molar-refractivity contribution is 5.80. The monoisotopic (exact) mass is 288 g/mol. The topological polar surface area (TPSA) is 0 Å². The zero-order valence-corrected chi connectivity index (χ0v) is 13.6. The van der Waals surface area contributed by atoms with Crippen LogP contribution in [0.3, 0.4) is 0 Å². The lowest BCUT2D eigenvalue weighted by molar-refractivity contribution is 0.419. The summed E-state index contributed by atoms with van der Waals surface area (Å²) in [5.41, 5.74) is 7.73.